The number of aliphatic hydroxyl groups excluding tert-OH is 1. The highest BCUT2D eigenvalue weighted by atomic mass is 32.2. The molecule has 1 heterocycles. The Labute approximate surface area is 137 Å². The minimum atomic E-state index is -3.57. The van der Waals surface area contributed by atoms with Gasteiger partial charge in [-0.15, -0.1) is 0 Å². The second kappa shape index (κ2) is 7.90. The first-order valence-corrected chi connectivity index (χ1v) is 9.42. The lowest BCUT2D eigenvalue weighted by Crippen LogP contribution is -2.33. The summed E-state index contributed by atoms with van der Waals surface area (Å²) >= 11 is 0. The minimum absolute atomic E-state index is 0.127. The Morgan fingerprint density at radius 3 is 2.52 bits per heavy atom. The molecular formula is C16H24N2O4S. The summed E-state index contributed by atoms with van der Waals surface area (Å²) in [6.07, 6.45) is 3.19. The number of sulfonamides is 1. The van der Waals surface area contributed by atoms with Crippen molar-refractivity contribution in [3.8, 4) is 0 Å². The fourth-order valence-electron chi connectivity index (χ4n) is 2.57. The van der Waals surface area contributed by atoms with E-state index in [1.54, 1.807) is 19.1 Å². The molecule has 1 aromatic carbocycles. The maximum Gasteiger partial charge on any atom is 0.251 e. The van der Waals surface area contributed by atoms with Crippen molar-refractivity contribution in [2.45, 2.75) is 43.6 Å². The molecular weight excluding hydrogens is 316 g/mol. The molecule has 0 spiro atoms. The van der Waals surface area contributed by atoms with Gasteiger partial charge in [-0.1, -0.05) is 18.9 Å². The molecule has 1 atom stereocenters. The Morgan fingerprint density at radius 1 is 1.26 bits per heavy atom. The van der Waals surface area contributed by atoms with Crippen LogP contribution in [0.2, 0.25) is 0 Å². The standard InChI is InChI=1S/C16H24N2O4S/c1-13(19)12-17-16(20)14-7-6-8-15(11-14)23(21,22)18-9-4-2-3-5-10-18/h6-8,11,13,19H,2-5,9-10,12H2,1H3,(H,17,20). The third-order valence-electron chi connectivity index (χ3n) is 3.86. The average molecular weight is 340 g/mol. The second-order valence-corrected chi connectivity index (χ2v) is 7.84. The summed E-state index contributed by atoms with van der Waals surface area (Å²) < 4.78 is 27.0. The molecule has 23 heavy (non-hydrogen) atoms. The van der Waals surface area contributed by atoms with Gasteiger partial charge in [0.2, 0.25) is 10.0 Å². The Balaban J connectivity index is 2.19. The number of carbonyl (C=O) groups is 1. The molecule has 6 nitrogen and oxygen atoms in total. The highest BCUT2D eigenvalue weighted by molar-refractivity contribution is 7.89. The van der Waals surface area contributed by atoms with Crippen LogP contribution in [0.15, 0.2) is 29.2 Å². The van der Waals surface area contributed by atoms with Crippen molar-refractivity contribution >= 4 is 15.9 Å². The molecule has 1 unspecified atom stereocenters. The van der Waals surface area contributed by atoms with E-state index >= 15 is 0 Å². The molecule has 1 aromatic rings. The van der Waals surface area contributed by atoms with E-state index in [-0.39, 0.29) is 22.9 Å². The molecule has 1 saturated heterocycles. The van der Waals surface area contributed by atoms with Gasteiger partial charge in [0.15, 0.2) is 0 Å². The van der Waals surface area contributed by atoms with Crippen molar-refractivity contribution in [2.75, 3.05) is 19.6 Å². The Morgan fingerprint density at radius 2 is 1.91 bits per heavy atom. The zero-order chi connectivity index (χ0) is 16.9. The van der Waals surface area contributed by atoms with Gasteiger partial charge in [-0.05, 0) is 38.0 Å². The molecule has 7 heteroatoms. The largest absolute Gasteiger partial charge is 0.392 e. The van der Waals surface area contributed by atoms with Gasteiger partial charge in [0.05, 0.1) is 11.0 Å². The van der Waals surface area contributed by atoms with Gasteiger partial charge in [0.1, 0.15) is 0 Å². The Bertz CT molecular complexity index is 635. The summed E-state index contributed by atoms with van der Waals surface area (Å²) in [4.78, 5) is 12.2. The van der Waals surface area contributed by atoms with Crippen LogP contribution in [0.25, 0.3) is 0 Å². The third kappa shape index (κ3) is 4.76. The third-order valence-corrected chi connectivity index (χ3v) is 5.75. The first kappa shape index (κ1) is 17.9. The maximum absolute atomic E-state index is 12.7. The molecule has 0 aliphatic carbocycles. The number of benzene rings is 1. The Hall–Kier alpha value is -1.44. The number of hydrogen-bond acceptors (Lipinski definition) is 4. The van der Waals surface area contributed by atoms with Crippen LogP contribution in [0.3, 0.4) is 0 Å². The fraction of sp³-hybridized carbons (Fsp3) is 0.562. The highest BCUT2D eigenvalue weighted by Crippen LogP contribution is 2.21. The number of nitrogens with zero attached hydrogens (tertiary/aromatic N) is 1. The summed E-state index contributed by atoms with van der Waals surface area (Å²) in [5.41, 5.74) is 0.279. The molecule has 0 bridgehead atoms. The van der Waals surface area contributed by atoms with Crippen LogP contribution >= 0.6 is 0 Å². The molecule has 1 fully saturated rings. The zero-order valence-electron chi connectivity index (χ0n) is 13.4. The lowest BCUT2D eigenvalue weighted by atomic mass is 10.2. The van der Waals surface area contributed by atoms with Gasteiger partial charge in [0.25, 0.3) is 5.91 Å². The quantitative estimate of drug-likeness (QED) is 0.847. The van der Waals surface area contributed by atoms with E-state index in [2.05, 4.69) is 5.32 Å². The Kier molecular flexibility index (Phi) is 6.15. The summed E-state index contributed by atoms with van der Waals surface area (Å²) in [6.45, 7) is 2.75. The van der Waals surface area contributed by atoms with Crippen molar-refractivity contribution in [3.05, 3.63) is 29.8 Å². The van der Waals surface area contributed by atoms with Gasteiger partial charge in [-0.25, -0.2) is 8.42 Å². The molecule has 1 aliphatic rings. The van der Waals surface area contributed by atoms with Gasteiger partial charge < -0.3 is 10.4 Å². The van der Waals surface area contributed by atoms with E-state index in [4.69, 9.17) is 0 Å². The number of rotatable bonds is 5. The van der Waals surface area contributed by atoms with Gasteiger partial charge in [-0.2, -0.15) is 4.31 Å². The van der Waals surface area contributed by atoms with Crippen LogP contribution < -0.4 is 5.32 Å². The predicted octanol–water partition coefficient (Wildman–Crippen LogP) is 1.36. The van der Waals surface area contributed by atoms with Crippen LogP contribution in [-0.2, 0) is 10.0 Å². The number of carbonyl (C=O) groups excluding carboxylic acids is 1. The zero-order valence-corrected chi connectivity index (χ0v) is 14.2. The number of amides is 1. The maximum atomic E-state index is 12.7. The summed E-state index contributed by atoms with van der Waals surface area (Å²) in [5, 5.41) is 11.8. The smallest absolute Gasteiger partial charge is 0.251 e. The predicted molar refractivity (Wildman–Crippen MR) is 87.7 cm³/mol. The monoisotopic (exact) mass is 340 g/mol. The summed E-state index contributed by atoms with van der Waals surface area (Å²) in [7, 11) is -3.57. The van der Waals surface area contributed by atoms with Crippen molar-refractivity contribution in [1.82, 2.24) is 9.62 Å². The van der Waals surface area contributed by atoms with E-state index in [0.717, 1.165) is 25.7 Å². The van der Waals surface area contributed by atoms with Crippen LogP contribution in [0.4, 0.5) is 0 Å². The highest BCUT2D eigenvalue weighted by Gasteiger charge is 2.25. The van der Waals surface area contributed by atoms with Crippen LogP contribution in [0, 0.1) is 0 Å². The van der Waals surface area contributed by atoms with Crippen molar-refractivity contribution in [2.24, 2.45) is 0 Å². The van der Waals surface area contributed by atoms with Gasteiger partial charge in [-0.3, -0.25) is 4.79 Å². The summed E-state index contributed by atoms with van der Waals surface area (Å²) in [5.74, 6) is -0.390. The topological polar surface area (TPSA) is 86.7 Å². The van der Waals surface area contributed by atoms with E-state index in [1.165, 1.54) is 16.4 Å². The molecule has 1 amide bonds. The minimum Gasteiger partial charge on any atom is -0.392 e. The van der Waals surface area contributed by atoms with E-state index < -0.39 is 16.1 Å². The van der Waals surface area contributed by atoms with Gasteiger partial charge >= 0.3 is 0 Å². The SMILES string of the molecule is CC(O)CNC(=O)c1cccc(S(=O)(=O)N2CCCCCC2)c1. The first-order chi connectivity index (χ1) is 10.9. The lowest BCUT2D eigenvalue weighted by Gasteiger charge is -2.20. The lowest BCUT2D eigenvalue weighted by molar-refractivity contribution is 0.0924. The molecule has 128 valence electrons. The molecule has 0 radical (unpaired) electrons. The van der Waals surface area contributed by atoms with E-state index in [9.17, 15) is 18.3 Å². The normalized spacial score (nSPS) is 18.2. The molecule has 0 aromatic heterocycles. The van der Waals surface area contributed by atoms with Crippen LogP contribution in [0.5, 0.6) is 0 Å². The van der Waals surface area contributed by atoms with E-state index in [1.807, 2.05) is 0 Å². The van der Waals surface area contributed by atoms with Gasteiger partial charge in [0, 0.05) is 25.2 Å². The summed E-state index contributed by atoms with van der Waals surface area (Å²) in [6, 6.07) is 6.06. The van der Waals surface area contributed by atoms with Crippen molar-refractivity contribution in [3.63, 3.8) is 0 Å². The average Bonchev–Trinajstić information content (AvgIpc) is 2.82. The number of aliphatic hydroxyl groups is 1. The van der Waals surface area contributed by atoms with Crippen LogP contribution in [-0.4, -0.2) is 49.5 Å². The first-order valence-electron chi connectivity index (χ1n) is 7.98. The van der Waals surface area contributed by atoms with Crippen LogP contribution in [0.1, 0.15) is 43.0 Å². The molecule has 2 rings (SSSR count). The van der Waals surface area contributed by atoms with E-state index in [0.29, 0.717) is 13.1 Å². The molecule has 1 aliphatic heterocycles. The second-order valence-electron chi connectivity index (χ2n) is 5.91. The fourth-order valence-corrected chi connectivity index (χ4v) is 4.13. The van der Waals surface area contributed by atoms with Crippen molar-refractivity contribution < 1.29 is 18.3 Å². The number of nitrogens with one attached hydrogen (secondary N) is 1. The molecule has 2 N–H and O–H groups in total. The van der Waals surface area contributed by atoms with Crippen molar-refractivity contribution in [1.29, 1.82) is 0 Å². The number of hydrogen-bond donors (Lipinski definition) is 2. The molecule has 0 saturated carbocycles.